The molecular weight excluding hydrogens is 580 g/mol. The second kappa shape index (κ2) is 13.3. The molecule has 2 aromatic carbocycles. The third-order valence-electron chi connectivity index (χ3n) is 10.1. The van der Waals surface area contributed by atoms with Crippen molar-refractivity contribution < 1.29 is 9.59 Å². The average molecular weight is 629 g/mol. The molecule has 4 rings (SSSR count). The molecular formula is C41H48N4O2. The maximum atomic E-state index is 12.1. The minimum Gasteiger partial charge on any atom is -0.289 e. The molecule has 0 amide bonds. The lowest BCUT2D eigenvalue weighted by molar-refractivity contribution is -0.113. The van der Waals surface area contributed by atoms with Crippen molar-refractivity contribution in [2.45, 2.75) is 102 Å². The zero-order chi connectivity index (χ0) is 35.1. The van der Waals surface area contributed by atoms with E-state index in [9.17, 15) is 9.59 Å². The van der Waals surface area contributed by atoms with Gasteiger partial charge in [0.1, 0.15) is 0 Å². The van der Waals surface area contributed by atoms with Gasteiger partial charge in [-0.1, -0.05) is 13.8 Å². The van der Waals surface area contributed by atoms with Crippen LogP contribution in [-0.4, -0.2) is 11.6 Å². The molecule has 0 heterocycles. The molecule has 47 heavy (non-hydrogen) atoms. The maximum Gasteiger partial charge on any atom is 0.184 e. The van der Waals surface area contributed by atoms with E-state index in [1.807, 2.05) is 52.0 Å². The highest BCUT2D eigenvalue weighted by Gasteiger charge is 2.34. The molecule has 6 nitrogen and oxygen atoms in total. The van der Waals surface area contributed by atoms with Gasteiger partial charge in [-0.15, -0.1) is 0 Å². The maximum absolute atomic E-state index is 12.1. The van der Waals surface area contributed by atoms with Crippen LogP contribution in [-0.2, 0) is 15.0 Å². The van der Waals surface area contributed by atoms with E-state index in [4.69, 9.17) is 0 Å². The van der Waals surface area contributed by atoms with Crippen LogP contribution in [0.2, 0.25) is 0 Å². The molecule has 244 valence electrons. The Kier molecular flexibility index (Phi) is 9.96. The Bertz CT molecular complexity index is 1740. The van der Waals surface area contributed by atoms with E-state index in [1.54, 1.807) is 12.4 Å². The second-order valence-corrected chi connectivity index (χ2v) is 13.7. The van der Waals surface area contributed by atoms with E-state index < -0.39 is 0 Å². The van der Waals surface area contributed by atoms with E-state index in [0.717, 1.165) is 44.8 Å². The smallest absolute Gasteiger partial charge is 0.184 e. The summed E-state index contributed by atoms with van der Waals surface area (Å²) in [5.74, 6) is 0.134. The fourth-order valence-electron chi connectivity index (χ4n) is 7.31. The molecule has 0 atom stereocenters. The molecule has 6 heteroatoms. The first-order chi connectivity index (χ1) is 21.9. The Labute approximate surface area is 280 Å². The van der Waals surface area contributed by atoms with Gasteiger partial charge in [-0.05, 0) is 196 Å². The van der Waals surface area contributed by atoms with Gasteiger partial charge in [0.25, 0.3) is 0 Å². The van der Waals surface area contributed by atoms with E-state index in [2.05, 4.69) is 89.7 Å². The predicted octanol–water partition coefficient (Wildman–Crippen LogP) is 11.4. The Morgan fingerprint density at radius 2 is 0.702 bits per heavy atom. The number of hydrogen-bond donors (Lipinski definition) is 0. The Morgan fingerprint density at radius 3 is 0.957 bits per heavy atom. The lowest BCUT2D eigenvalue weighted by Gasteiger charge is -2.36. The fourth-order valence-corrected chi connectivity index (χ4v) is 7.31. The van der Waals surface area contributed by atoms with Gasteiger partial charge < -0.3 is 0 Å². The quantitative estimate of drug-likeness (QED) is 0.298. The van der Waals surface area contributed by atoms with Gasteiger partial charge in [0.05, 0.1) is 23.8 Å². The fraction of sp³-hybridized carbons (Fsp3) is 0.366. The minimum atomic E-state index is -0.304. The first kappa shape index (κ1) is 35.3. The Hall–Kier alpha value is -4.58. The van der Waals surface area contributed by atoms with Crippen LogP contribution in [0.4, 0.5) is 11.4 Å². The van der Waals surface area contributed by atoms with Gasteiger partial charge in [0.15, 0.2) is 11.6 Å². The summed E-state index contributed by atoms with van der Waals surface area (Å²) in [4.78, 5) is 24.2. The molecule has 2 aliphatic rings. The normalized spacial score (nSPS) is 15.8. The molecule has 2 aromatic rings. The van der Waals surface area contributed by atoms with Gasteiger partial charge in [-0.25, -0.2) is 0 Å². The van der Waals surface area contributed by atoms with Crippen molar-refractivity contribution in [1.82, 2.24) is 0 Å². The van der Waals surface area contributed by atoms with Gasteiger partial charge >= 0.3 is 0 Å². The zero-order valence-electron chi connectivity index (χ0n) is 30.6. The highest BCUT2D eigenvalue weighted by atomic mass is 16.1. The summed E-state index contributed by atoms with van der Waals surface area (Å²) in [5.41, 5.74) is 17.9. The van der Waals surface area contributed by atoms with Crippen molar-refractivity contribution in [3.63, 3.8) is 0 Å². The summed E-state index contributed by atoms with van der Waals surface area (Å²) >= 11 is 0. The van der Waals surface area contributed by atoms with Crippen LogP contribution in [0, 0.1) is 55.4 Å². The number of Topliss-reactive ketones (excluding diaryl/α,β-unsaturated/α-hetero) is 2. The average Bonchev–Trinajstić information content (AvgIpc) is 2.99. The number of nitrogens with zero attached hydrogens (tertiary/aromatic N) is 4. The van der Waals surface area contributed by atoms with E-state index in [1.165, 1.54) is 33.4 Å². The largest absolute Gasteiger partial charge is 0.289 e. The second-order valence-electron chi connectivity index (χ2n) is 13.7. The van der Waals surface area contributed by atoms with Crippen molar-refractivity contribution >= 4 is 22.9 Å². The van der Waals surface area contributed by atoms with Gasteiger partial charge in [-0.3, -0.25) is 9.59 Å². The predicted molar refractivity (Wildman–Crippen MR) is 193 cm³/mol. The minimum absolute atomic E-state index is 0.0671. The summed E-state index contributed by atoms with van der Waals surface area (Å²) in [6.45, 7) is 29.2. The summed E-state index contributed by atoms with van der Waals surface area (Å²) in [7, 11) is 0. The third-order valence-corrected chi connectivity index (χ3v) is 10.1. The summed E-state index contributed by atoms with van der Waals surface area (Å²) in [5, 5.41) is 18.3. The van der Waals surface area contributed by atoms with Crippen LogP contribution >= 0.6 is 0 Å². The number of allylic oxidation sites excluding steroid dienone is 10. The first-order valence-electron chi connectivity index (χ1n) is 16.2. The highest BCUT2D eigenvalue weighted by molar-refractivity contribution is 6.10. The molecule has 0 unspecified atom stereocenters. The number of azo groups is 2. The molecule has 0 radical (unpaired) electrons. The molecule has 0 fully saturated rings. The first-order valence-corrected chi connectivity index (χ1v) is 16.2. The number of carbonyl (C=O) groups excluding carboxylic acids is 2. The molecule has 0 saturated carbocycles. The molecule has 0 saturated heterocycles. The van der Waals surface area contributed by atoms with Crippen molar-refractivity contribution in [3.05, 3.63) is 126 Å². The number of benzene rings is 2. The Morgan fingerprint density at radius 1 is 0.447 bits per heavy atom. The molecule has 0 bridgehead atoms. The van der Waals surface area contributed by atoms with Crippen LogP contribution in [0.25, 0.3) is 0 Å². The SMILES string of the molecule is CC1=CC(=CN=Nc2c(C)c(C)c(C(C)(C)c3c(C)c(C)c(N=NC=C4C=C(C)C(=O)C(C)=C4)c(C)c3C)c(C)c2C)C=C(C)C1=O. The van der Waals surface area contributed by atoms with E-state index in [-0.39, 0.29) is 17.0 Å². The van der Waals surface area contributed by atoms with Crippen LogP contribution in [0.5, 0.6) is 0 Å². The van der Waals surface area contributed by atoms with Crippen LogP contribution in [0.1, 0.15) is 97.2 Å². The standard InChI is InChI=1S/C41H48N4O2/c1-21-15-33(16-22(2)39(21)46)19-42-44-37-29(9)25(5)35(26(6)30(37)10)41(13,14)36-27(7)31(11)38(32(12)28(36)8)45-43-20-34-17-23(3)40(47)24(4)18-34/h15-20H,1-14H3. The third kappa shape index (κ3) is 6.51. The van der Waals surface area contributed by atoms with Gasteiger partial charge in [-0.2, -0.15) is 20.5 Å². The lowest BCUT2D eigenvalue weighted by Crippen LogP contribution is -2.26. The van der Waals surface area contributed by atoms with Crippen LogP contribution in [0.15, 0.2) is 90.6 Å². The number of rotatable bonds is 6. The van der Waals surface area contributed by atoms with Crippen LogP contribution in [0.3, 0.4) is 0 Å². The molecule has 2 aliphatic carbocycles. The van der Waals surface area contributed by atoms with Crippen molar-refractivity contribution in [2.75, 3.05) is 0 Å². The molecule has 0 aromatic heterocycles. The monoisotopic (exact) mass is 628 g/mol. The summed E-state index contributed by atoms with van der Waals surface area (Å²) in [6.07, 6.45) is 10.9. The van der Waals surface area contributed by atoms with Crippen molar-refractivity contribution in [2.24, 2.45) is 20.5 Å². The van der Waals surface area contributed by atoms with E-state index >= 15 is 0 Å². The Balaban J connectivity index is 1.76. The van der Waals surface area contributed by atoms with Gasteiger partial charge in [0, 0.05) is 5.41 Å². The molecule has 0 aliphatic heterocycles. The summed E-state index contributed by atoms with van der Waals surface area (Å²) in [6, 6.07) is 0. The lowest BCUT2D eigenvalue weighted by atomic mass is 9.68. The van der Waals surface area contributed by atoms with Crippen LogP contribution < -0.4 is 0 Å². The summed E-state index contributed by atoms with van der Waals surface area (Å²) < 4.78 is 0. The van der Waals surface area contributed by atoms with Crippen molar-refractivity contribution in [1.29, 1.82) is 0 Å². The molecule has 0 N–H and O–H groups in total. The number of carbonyl (C=O) groups is 2. The van der Waals surface area contributed by atoms with E-state index in [0.29, 0.717) is 22.3 Å². The number of hydrogen-bond acceptors (Lipinski definition) is 6. The topological polar surface area (TPSA) is 83.6 Å². The molecule has 0 spiro atoms. The zero-order valence-corrected chi connectivity index (χ0v) is 30.6. The highest BCUT2D eigenvalue weighted by Crippen LogP contribution is 2.46. The van der Waals surface area contributed by atoms with Crippen molar-refractivity contribution in [3.8, 4) is 0 Å². The number of ketones is 2. The van der Waals surface area contributed by atoms with Gasteiger partial charge in [0.2, 0.25) is 0 Å².